The Morgan fingerprint density at radius 1 is 1.48 bits per heavy atom. The number of hydrogen-bond acceptors (Lipinski definition) is 4. The molecule has 1 aromatic carbocycles. The quantitative estimate of drug-likeness (QED) is 0.820. The highest BCUT2D eigenvalue weighted by atomic mass is 35.5. The average molecular weight is 348 g/mol. The molecule has 116 valence electrons. The lowest BCUT2D eigenvalue weighted by atomic mass is 10.2. The molecule has 0 aliphatic carbocycles. The Bertz CT molecular complexity index is 504. The molecule has 7 heteroatoms. The maximum absolute atomic E-state index is 12.1. The lowest BCUT2D eigenvalue weighted by Crippen LogP contribution is -2.41. The van der Waals surface area contributed by atoms with Crippen LogP contribution in [0.15, 0.2) is 12.1 Å². The first-order valence-corrected chi connectivity index (χ1v) is 8.74. The lowest BCUT2D eigenvalue weighted by Gasteiger charge is -2.32. The summed E-state index contributed by atoms with van der Waals surface area (Å²) in [5.41, 5.74) is 6.55. The number of benzene rings is 1. The van der Waals surface area contributed by atoms with Gasteiger partial charge in [-0.3, -0.25) is 9.69 Å². The van der Waals surface area contributed by atoms with Gasteiger partial charge in [-0.2, -0.15) is 11.8 Å². The smallest absolute Gasteiger partial charge is 0.225 e. The van der Waals surface area contributed by atoms with Gasteiger partial charge in [0.2, 0.25) is 5.91 Å². The van der Waals surface area contributed by atoms with Crippen molar-refractivity contribution < 1.29 is 4.79 Å². The topological polar surface area (TPSA) is 58.4 Å². The first kappa shape index (κ1) is 16.7. The van der Waals surface area contributed by atoms with Crippen molar-refractivity contribution in [2.24, 2.45) is 0 Å². The molecular formula is C14H19Cl2N3OS. The summed E-state index contributed by atoms with van der Waals surface area (Å²) in [6.07, 6.45) is 0.423. The summed E-state index contributed by atoms with van der Waals surface area (Å²) in [5, 5.41) is 3.48. The standard InChI is InChI=1S/C14H19Cl2N3OS/c1-9-8-21-5-4-19(9)3-2-13(20)18-14-11(15)6-10(17)7-12(14)16/h6-7,9H,2-5,8,17H2,1H3,(H,18,20). The zero-order chi connectivity index (χ0) is 15.4. The predicted octanol–water partition coefficient (Wildman–Crippen LogP) is 3.34. The van der Waals surface area contributed by atoms with E-state index in [1.165, 1.54) is 0 Å². The third-order valence-corrected chi connectivity index (χ3v) is 5.25. The van der Waals surface area contributed by atoms with Crippen LogP contribution in [-0.2, 0) is 4.79 Å². The molecule has 1 heterocycles. The van der Waals surface area contributed by atoms with Crippen molar-refractivity contribution in [1.82, 2.24) is 4.90 Å². The van der Waals surface area contributed by atoms with Gasteiger partial charge in [-0.25, -0.2) is 0 Å². The van der Waals surface area contributed by atoms with E-state index in [4.69, 9.17) is 28.9 Å². The van der Waals surface area contributed by atoms with Gasteiger partial charge in [0, 0.05) is 42.7 Å². The maximum Gasteiger partial charge on any atom is 0.225 e. The molecule has 1 saturated heterocycles. The van der Waals surface area contributed by atoms with Crippen molar-refractivity contribution in [3.05, 3.63) is 22.2 Å². The molecule has 21 heavy (non-hydrogen) atoms. The number of nitrogens with zero attached hydrogens (tertiary/aromatic N) is 1. The fraction of sp³-hybridized carbons (Fsp3) is 0.500. The Morgan fingerprint density at radius 2 is 2.14 bits per heavy atom. The molecule has 0 bridgehead atoms. The Hall–Kier alpha value is -0.620. The summed E-state index contributed by atoms with van der Waals surface area (Å²) in [6.45, 7) is 3.97. The van der Waals surface area contributed by atoms with Crippen LogP contribution >= 0.6 is 35.0 Å². The first-order valence-electron chi connectivity index (χ1n) is 6.83. The van der Waals surface area contributed by atoms with Crippen LogP contribution in [-0.4, -0.2) is 41.4 Å². The second kappa shape index (κ2) is 7.58. The molecule has 1 amide bonds. The van der Waals surface area contributed by atoms with Gasteiger partial charge in [-0.05, 0) is 19.1 Å². The van der Waals surface area contributed by atoms with E-state index in [2.05, 4.69) is 17.1 Å². The van der Waals surface area contributed by atoms with E-state index in [9.17, 15) is 4.79 Å². The van der Waals surface area contributed by atoms with Gasteiger partial charge in [0.15, 0.2) is 0 Å². The number of amides is 1. The van der Waals surface area contributed by atoms with Crippen molar-refractivity contribution in [3.8, 4) is 0 Å². The van der Waals surface area contributed by atoms with Gasteiger partial charge in [0.1, 0.15) is 0 Å². The molecule has 1 atom stereocenters. The SMILES string of the molecule is CC1CSCCN1CCC(=O)Nc1c(Cl)cc(N)cc1Cl. The number of nitrogens with two attached hydrogens (primary N) is 1. The molecule has 1 unspecified atom stereocenters. The number of rotatable bonds is 4. The highest BCUT2D eigenvalue weighted by Gasteiger charge is 2.19. The minimum Gasteiger partial charge on any atom is -0.399 e. The van der Waals surface area contributed by atoms with E-state index in [0.717, 1.165) is 24.6 Å². The zero-order valence-corrected chi connectivity index (χ0v) is 14.2. The Kier molecular flexibility index (Phi) is 6.05. The summed E-state index contributed by atoms with van der Waals surface area (Å²) in [6, 6.07) is 3.67. The van der Waals surface area contributed by atoms with Crippen molar-refractivity contribution in [2.45, 2.75) is 19.4 Å². The van der Waals surface area contributed by atoms with Crippen LogP contribution in [0.2, 0.25) is 10.0 Å². The second-order valence-electron chi connectivity index (χ2n) is 5.12. The predicted molar refractivity (Wildman–Crippen MR) is 92.5 cm³/mol. The minimum atomic E-state index is -0.0889. The van der Waals surface area contributed by atoms with Crippen LogP contribution < -0.4 is 11.1 Å². The summed E-state index contributed by atoms with van der Waals surface area (Å²) in [4.78, 5) is 14.4. The van der Waals surface area contributed by atoms with Gasteiger partial charge in [-0.15, -0.1) is 0 Å². The van der Waals surface area contributed by atoms with Crippen LogP contribution in [0, 0.1) is 0 Å². The Morgan fingerprint density at radius 3 is 2.76 bits per heavy atom. The highest BCUT2D eigenvalue weighted by molar-refractivity contribution is 7.99. The van der Waals surface area contributed by atoms with Crippen molar-refractivity contribution in [1.29, 1.82) is 0 Å². The van der Waals surface area contributed by atoms with Crippen LogP contribution in [0.25, 0.3) is 0 Å². The van der Waals surface area contributed by atoms with Crippen molar-refractivity contribution in [3.63, 3.8) is 0 Å². The Balaban J connectivity index is 1.90. The van der Waals surface area contributed by atoms with Gasteiger partial charge in [0.25, 0.3) is 0 Å². The van der Waals surface area contributed by atoms with Crippen LogP contribution in [0.5, 0.6) is 0 Å². The molecule has 0 saturated carbocycles. The van der Waals surface area contributed by atoms with Gasteiger partial charge in [-0.1, -0.05) is 23.2 Å². The summed E-state index contributed by atoms with van der Waals surface area (Å²) in [7, 11) is 0. The largest absolute Gasteiger partial charge is 0.399 e. The number of nitrogens with one attached hydrogen (secondary N) is 1. The summed E-state index contributed by atoms with van der Waals surface area (Å²) >= 11 is 14.1. The Labute approximate surface area is 139 Å². The molecule has 1 aromatic rings. The third kappa shape index (κ3) is 4.68. The zero-order valence-electron chi connectivity index (χ0n) is 11.9. The number of halogens is 2. The molecule has 0 aromatic heterocycles. The second-order valence-corrected chi connectivity index (χ2v) is 7.08. The van der Waals surface area contributed by atoms with Gasteiger partial charge in [0.05, 0.1) is 15.7 Å². The van der Waals surface area contributed by atoms with E-state index >= 15 is 0 Å². The molecule has 0 radical (unpaired) electrons. The molecule has 1 fully saturated rings. The van der Waals surface area contributed by atoms with E-state index in [0.29, 0.717) is 33.9 Å². The molecule has 1 aliphatic rings. The van der Waals surface area contributed by atoms with Crippen molar-refractivity contribution >= 4 is 52.2 Å². The first-order chi connectivity index (χ1) is 9.97. The molecule has 1 aliphatic heterocycles. The third-order valence-electron chi connectivity index (χ3n) is 3.46. The van der Waals surface area contributed by atoms with Crippen LogP contribution in [0.3, 0.4) is 0 Å². The number of carbonyl (C=O) groups is 1. The van der Waals surface area contributed by atoms with Crippen molar-refractivity contribution in [2.75, 3.05) is 35.6 Å². The van der Waals surface area contributed by atoms with E-state index in [1.54, 1.807) is 12.1 Å². The van der Waals surface area contributed by atoms with E-state index in [1.807, 2.05) is 11.8 Å². The molecule has 3 N–H and O–H groups in total. The number of nitrogen functional groups attached to an aromatic ring is 1. The van der Waals surface area contributed by atoms with Crippen LogP contribution in [0.4, 0.5) is 11.4 Å². The van der Waals surface area contributed by atoms with Gasteiger partial charge < -0.3 is 11.1 Å². The number of carbonyl (C=O) groups excluding carboxylic acids is 1. The number of hydrogen-bond donors (Lipinski definition) is 2. The number of thioether (sulfide) groups is 1. The lowest BCUT2D eigenvalue weighted by molar-refractivity contribution is -0.116. The molecule has 0 spiro atoms. The van der Waals surface area contributed by atoms with Gasteiger partial charge >= 0.3 is 0 Å². The normalized spacial score (nSPS) is 19.5. The number of anilines is 2. The molecule has 4 nitrogen and oxygen atoms in total. The maximum atomic E-state index is 12.1. The molecular weight excluding hydrogens is 329 g/mol. The fourth-order valence-corrected chi connectivity index (χ4v) is 3.93. The van der Waals surface area contributed by atoms with E-state index < -0.39 is 0 Å². The van der Waals surface area contributed by atoms with E-state index in [-0.39, 0.29) is 5.91 Å². The molecule has 2 rings (SSSR count). The fourth-order valence-electron chi connectivity index (χ4n) is 2.25. The average Bonchev–Trinajstić information content (AvgIpc) is 2.42. The summed E-state index contributed by atoms with van der Waals surface area (Å²) < 4.78 is 0. The minimum absolute atomic E-state index is 0.0889. The highest BCUT2D eigenvalue weighted by Crippen LogP contribution is 2.32. The summed E-state index contributed by atoms with van der Waals surface area (Å²) in [5.74, 6) is 2.16. The van der Waals surface area contributed by atoms with Crippen LogP contribution in [0.1, 0.15) is 13.3 Å². The monoisotopic (exact) mass is 347 g/mol.